The van der Waals surface area contributed by atoms with Gasteiger partial charge in [-0.25, -0.2) is 0 Å². The Kier molecular flexibility index (Phi) is 163. The molecule has 0 aromatic rings. The third-order valence-electron chi connectivity index (χ3n) is 1.07. The van der Waals surface area contributed by atoms with Crippen LogP contribution in [0.2, 0.25) is 0 Å². The third-order valence-corrected chi connectivity index (χ3v) is 1.07. The van der Waals surface area contributed by atoms with Gasteiger partial charge in [0.25, 0.3) is 0 Å². The molecule has 0 rings (SSSR count). The molecule has 12 nitrogen and oxygen atoms in total. The van der Waals surface area contributed by atoms with Gasteiger partial charge in [-0.05, 0) is 13.1 Å². The van der Waals surface area contributed by atoms with Crippen LogP contribution in [0.5, 0.6) is 0 Å². The molecule has 0 bridgehead atoms. The Morgan fingerprint density at radius 1 is 0.929 bits per heavy atom. The van der Waals surface area contributed by atoms with Crippen molar-refractivity contribution in [3.05, 3.63) is 21.1 Å². The van der Waals surface area contributed by atoms with Crippen molar-refractivity contribution in [3.63, 3.8) is 0 Å². The van der Waals surface area contributed by atoms with Gasteiger partial charge in [-0.2, -0.15) is 28.8 Å². The predicted molar refractivity (Wildman–Crippen MR) is 81.8 cm³/mol. The van der Waals surface area contributed by atoms with Crippen LogP contribution in [0.4, 0.5) is 0 Å². The van der Waals surface area contributed by atoms with Gasteiger partial charge in [0.15, 0.2) is 0 Å². The van der Waals surface area contributed by atoms with Gasteiger partial charge in [-0.1, -0.05) is 6.92 Å². The van der Waals surface area contributed by atoms with E-state index >= 15 is 0 Å². The SMILES string of the molecule is CCC(=O)O.NCCN.O=C=O.O=C=O.O=C=O.[CH2-]NCCN([CH2-])[CH2-].[Na+].[Na+].[Na+]. The molecule has 0 unspecified atom stereocenters. The van der Waals surface area contributed by atoms with Crippen LogP contribution in [0.1, 0.15) is 13.3 Å². The number of rotatable bonds is 5. The van der Waals surface area contributed by atoms with Crippen molar-refractivity contribution in [2.45, 2.75) is 13.3 Å². The Morgan fingerprint density at radius 2 is 1.14 bits per heavy atom. The summed E-state index contributed by atoms with van der Waals surface area (Å²) in [6.07, 6.45) is 0.972. The molecule has 0 fully saturated rings. The van der Waals surface area contributed by atoms with Crippen LogP contribution in [-0.2, 0) is 33.6 Å². The minimum absolute atomic E-state index is 0. The van der Waals surface area contributed by atoms with Gasteiger partial charge in [0.2, 0.25) is 0 Å². The molecule has 0 saturated heterocycles. The molecule has 15 heteroatoms. The summed E-state index contributed by atoms with van der Waals surface area (Å²) in [7, 11) is 10.5. The molecule has 0 heterocycles. The van der Waals surface area contributed by atoms with Crippen molar-refractivity contribution >= 4 is 24.4 Å². The van der Waals surface area contributed by atoms with E-state index in [0.29, 0.717) is 13.1 Å². The zero-order valence-corrected chi connectivity index (χ0v) is 23.1. The van der Waals surface area contributed by atoms with Crippen LogP contribution < -0.4 is 105 Å². The van der Waals surface area contributed by atoms with E-state index < -0.39 is 5.97 Å². The fourth-order valence-electron chi connectivity index (χ4n) is 0.237. The second-order valence-corrected chi connectivity index (χ2v) is 2.97. The third kappa shape index (κ3) is 309. The van der Waals surface area contributed by atoms with E-state index in [4.69, 9.17) is 45.3 Å². The topological polar surface area (TPSA) is 207 Å². The molecule has 0 aliphatic heterocycles. The van der Waals surface area contributed by atoms with Gasteiger partial charge in [0, 0.05) is 19.5 Å². The van der Waals surface area contributed by atoms with Crippen LogP contribution in [0.3, 0.4) is 0 Å². The first-order valence-electron chi connectivity index (χ1n) is 6.19. The normalized spacial score (nSPS) is 5.82. The maximum absolute atomic E-state index is 9.37. The number of aliphatic carboxylic acids is 1. The zero-order valence-electron chi connectivity index (χ0n) is 17.1. The fraction of sp³-hybridized carbons (Fsp3) is 0.462. The first kappa shape index (κ1) is 56.7. The van der Waals surface area contributed by atoms with Crippen LogP contribution in [0, 0.1) is 21.1 Å². The van der Waals surface area contributed by atoms with E-state index in [1.165, 1.54) is 0 Å². The summed E-state index contributed by atoms with van der Waals surface area (Å²) >= 11 is 0. The van der Waals surface area contributed by atoms with Crippen molar-refractivity contribution in [1.29, 1.82) is 0 Å². The monoisotopic (exact) mass is 434 g/mol. The molecule has 0 aliphatic carbocycles. The van der Waals surface area contributed by atoms with Gasteiger partial charge in [-0.15, -0.1) is 0 Å². The Bertz CT molecular complexity index is 316. The van der Waals surface area contributed by atoms with E-state index in [-0.39, 0.29) is 114 Å². The summed E-state index contributed by atoms with van der Waals surface area (Å²) in [5.41, 5.74) is 9.81. The smallest absolute Gasteiger partial charge is 0.610 e. The second kappa shape index (κ2) is 80.5. The maximum atomic E-state index is 9.37. The summed E-state index contributed by atoms with van der Waals surface area (Å²) < 4.78 is 0. The summed E-state index contributed by atoms with van der Waals surface area (Å²) in [5, 5.41) is 10.4. The molecule has 0 spiro atoms. The number of nitrogens with two attached hydrogens (primary N) is 2. The van der Waals surface area contributed by atoms with Gasteiger partial charge < -0.3 is 40.9 Å². The molecule has 0 amide bonds. The molecule has 0 aliphatic rings. The fourth-order valence-corrected chi connectivity index (χ4v) is 0.237. The van der Waals surface area contributed by atoms with E-state index in [0.717, 1.165) is 13.1 Å². The van der Waals surface area contributed by atoms with Crippen LogP contribution in [-0.4, -0.2) is 60.6 Å². The zero-order chi connectivity index (χ0) is 21.5. The molecular formula is C13H25N4Na3O8. The van der Waals surface area contributed by atoms with E-state index in [9.17, 15) is 4.79 Å². The van der Waals surface area contributed by atoms with E-state index in [1.54, 1.807) is 11.8 Å². The van der Waals surface area contributed by atoms with E-state index in [1.807, 2.05) is 0 Å². The molecule has 0 atom stereocenters. The predicted octanol–water partition coefficient (Wildman–Crippen LogP) is -11.1. The average molecular weight is 434 g/mol. The first-order valence-corrected chi connectivity index (χ1v) is 6.19. The van der Waals surface area contributed by atoms with E-state index in [2.05, 4.69) is 26.5 Å². The standard InChI is InChI=1S/C5H11N2.C3H6O2.C2H8N2.3CO2.3Na/c1-6-4-5-7(2)3;1-2-3(4)5;3-1-2-4;3*2-1-3;;;/h6H,1-5H2;2H2,1H3,(H,4,5);1-4H2;;;;;;/q-3;;;;;;3*+1. The van der Waals surface area contributed by atoms with Gasteiger partial charge in [-0.3, -0.25) is 11.8 Å². The number of carbonyl (C=O) groups is 1. The molecule has 6 N–H and O–H groups in total. The molecule has 28 heavy (non-hydrogen) atoms. The molecule has 0 aromatic carbocycles. The second-order valence-electron chi connectivity index (χ2n) is 2.97. The summed E-state index contributed by atoms with van der Waals surface area (Å²) in [6, 6.07) is 0. The Hall–Kier alpha value is 0.450. The minimum atomic E-state index is -0.745. The molecule has 148 valence electrons. The Morgan fingerprint density at radius 3 is 1.18 bits per heavy atom. The van der Waals surface area contributed by atoms with Crippen molar-refractivity contribution in [3.8, 4) is 0 Å². The number of carbonyl (C=O) groups excluding carboxylic acids is 6. The van der Waals surface area contributed by atoms with Crippen molar-refractivity contribution in [2.24, 2.45) is 11.5 Å². The van der Waals surface area contributed by atoms with Crippen LogP contribution in [0.25, 0.3) is 0 Å². The van der Waals surface area contributed by atoms with Gasteiger partial charge >= 0.3 is 113 Å². The van der Waals surface area contributed by atoms with Gasteiger partial charge in [0.05, 0.1) is 0 Å². The van der Waals surface area contributed by atoms with Crippen LogP contribution >= 0.6 is 0 Å². The van der Waals surface area contributed by atoms with Gasteiger partial charge in [0.1, 0.15) is 0 Å². The quantitative estimate of drug-likeness (QED) is 0.235. The Labute approximate surface area is 231 Å². The molecule has 0 radical (unpaired) electrons. The summed E-state index contributed by atoms with van der Waals surface area (Å²) in [5.74, 6) is -0.745. The number of hydrogen-bond acceptors (Lipinski definition) is 11. The van der Waals surface area contributed by atoms with Crippen LogP contribution in [0.15, 0.2) is 0 Å². The number of carboxylic acid groups (broad SMARTS) is 1. The number of nitrogens with one attached hydrogen (secondary N) is 1. The average Bonchev–Trinajstić information content (AvgIpc) is 2.56. The molecular weight excluding hydrogens is 409 g/mol. The number of nitrogens with zero attached hydrogens (tertiary/aromatic N) is 1. The summed E-state index contributed by atoms with van der Waals surface area (Å²) in [4.78, 5) is 59.7. The maximum Gasteiger partial charge on any atom is 1.00 e. The van der Waals surface area contributed by atoms with Crippen molar-refractivity contribution in [2.75, 3.05) is 26.2 Å². The molecule has 0 saturated carbocycles. The first-order chi connectivity index (χ1) is 11.7. The van der Waals surface area contributed by atoms with Crippen molar-refractivity contribution < 1.29 is 127 Å². The largest absolute Gasteiger partial charge is 1.00 e. The molecule has 0 aromatic heterocycles. The number of hydrogen-bond donors (Lipinski definition) is 4. The van der Waals surface area contributed by atoms with Crippen molar-refractivity contribution in [1.82, 2.24) is 10.2 Å². The Balaban J connectivity index is -0.0000000224. The minimum Gasteiger partial charge on any atom is -0.610 e. The number of carboxylic acids is 1. The summed E-state index contributed by atoms with van der Waals surface area (Å²) in [6.45, 7) is 4.47.